The van der Waals surface area contributed by atoms with Gasteiger partial charge in [-0.15, -0.1) is 0 Å². The van der Waals surface area contributed by atoms with E-state index in [1.807, 2.05) is 13.8 Å². The molecule has 0 bridgehead atoms. The third-order valence-corrected chi connectivity index (χ3v) is 4.87. The number of benzene rings is 2. The van der Waals surface area contributed by atoms with Gasteiger partial charge in [-0.1, -0.05) is 46.1 Å². The highest BCUT2D eigenvalue weighted by molar-refractivity contribution is 9.10. The summed E-state index contributed by atoms with van der Waals surface area (Å²) in [6.07, 6.45) is 4.52. The molecule has 0 aliphatic carbocycles. The van der Waals surface area contributed by atoms with Crippen LogP contribution in [0.3, 0.4) is 0 Å². The van der Waals surface area contributed by atoms with Gasteiger partial charge in [-0.2, -0.15) is 0 Å². The van der Waals surface area contributed by atoms with Crippen LogP contribution in [0, 0.1) is 5.92 Å². The van der Waals surface area contributed by atoms with Crippen molar-refractivity contribution in [3.05, 3.63) is 58.1 Å². The highest BCUT2D eigenvalue weighted by Gasteiger charge is 2.14. The molecule has 0 atom stereocenters. The number of unbranched alkanes of at least 4 members (excludes halogenated alkanes) is 3. The molecule has 0 aromatic heterocycles. The number of halogens is 1. The Morgan fingerprint density at radius 3 is 2.43 bits per heavy atom. The molecule has 0 amide bonds. The molecule has 2 aromatic rings. The molecule has 5 nitrogen and oxygen atoms in total. The second kappa shape index (κ2) is 12.4. The molecular weight excluding hydrogens is 448 g/mol. The van der Waals surface area contributed by atoms with E-state index in [0.717, 1.165) is 12.8 Å². The zero-order valence-electron chi connectivity index (χ0n) is 17.8. The highest BCUT2D eigenvalue weighted by atomic mass is 79.9. The summed E-state index contributed by atoms with van der Waals surface area (Å²) < 4.78 is 17.1. The number of esters is 2. The van der Waals surface area contributed by atoms with E-state index >= 15 is 0 Å². The predicted octanol–water partition coefficient (Wildman–Crippen LogP) is 6.44. The molecule has 6 heteroatoms. The fourth-order valence-electron chi connectivity index (χ4n) is 2.63. The van der Waals surface area contributed by atoms with E-state index in [9.17, 15) is 9.59 Å². The van der Waals surface area contributed by atoms with Crippen LogP contribution in [0.2, 0.25) is 0 Å². The molecule has 0 unspecified atom stereocenters. The van der Waals surface area contributed by atoms with E-state index in [0.29, 0.717) is 34.6 Å². The van der Waals surface area contributed by atoms with Gasteiger partial charge in [-0.3, -0.25) is 0 Å². The van der Waals surface area contributed by atoms with Crippen molar-refractivity contribution in [2.75, 3.05) is 13.2 Å². The van der Waals surface area contributed by atoms with Crippen LogP contribution in [0.1, 0.15) is 67.2 Å². The molecule has 2 rings (SSSR count). The number of ether oxygens (including phenoxy) is 3. The first-order valence-corrected chi connectivity index (χ1v) is 11.1. The molecule has 0 radical (unpaired) electrons. The summed E-state index contributed by atoms with van der Waals surface area (Å²) >= 11 is 3.45. The van der Waals surface area contributed by atoms with Crippen LogP contribution in [-0.4, -0.2) is 25.2 Å². The van der Waals surface area contributed by atoms with Gasteiger partial charge in [0.1, 0.15) is 11.5 Å². The molecule has 2 aromatic carbocycles. The van der Waals surface area contributed by atoms with E-state index in [4.69, 9.17) is 14.2 Å². The summed E-state index contributed by atoms with van der Waals surface area (Å²) in [6.45, 7) is 7.08. The van der Waals surface area contributed by atoms with Crippen molar-refractivity contribution in [2.45, 2.75) is 46.5 Å². The van der Waals surface area contributed by atoms with Crippen LogP contribution >= 0.6 is 15.9 Å². The minimum atomic E-state index is -0.516. The van der Waals surface area contributed by atoms with Crippen molar-refractivity contribution >= 4 is 27.9 Å². The van der Waals surface area contributed by atoms with E-state index in [2.05, 4.69) is 22.9 Å². The molecule has 0 saturated heterocycles. The van der Waals surface area contributed by atoms with Gasteiger partial charge in [0.15, 0.2) is 0 Å². The fraction of sp³-hybridized carbons (Fsp3) is 0.417. The lowest BCUT2D eigenvalue weighted by atomic mass is 10.2. The van der Waals surface area contributed by atoms with Crippen LogP contribution in [-0.2, 0) is 4.74 Å². The Morgan fingerprint density at radius 2 is 1.73 bits per heavy atom. The summed E-state index contributed by atoms with van der Waals surface area (Å²) in [7, 11) is 0. The number of rotatable bonds is 11. The first kappa shape index (κ1) is 23.9. The average molecular weight is 477 g/mol. The van der Waals surface area contributed by atoms with E-state index < -0.39 is 11.9 Å². The lowest BCUT2D eigenvalue weighted by Gasteiger charge is -2.10. The Hall–Kier alpha value is -2.34. The van der Waals surface area contributed by atoms with Crippen molar-refractivity contribution in [1.82, 2.24) is 0 Å². The van der Waals surface area contributed by atoms with Crippen LogP contribution in [0.15, 0.2) is 46.9 Å². The molecule has 0 spiro atoms. The molecule has 0 N–H and O–H groups in total. The quantitative estimate of drug-likeness (QED) is 0.212. The molecule has 0 aliphatic rings. The predicted molar refractivity (Wildman–Crippen MR) is 120 cm³/mol. The Bertz CT molecular complexity index is 847. The maximum Gasteiger partial charge on any atom is 0.343 e. The lowest BCUT2D eigenvalue weighted by Crippen LogP contribution is -2.12. The second-order valence-electron chi connectivity index (χ2n) is 7.46. The van der Waals surface area contributed by atoms with Gasteiger partial charge in [-0.25, -0.2) is 9.59 Å². The Kier molecular flexibility index (Phi) is 9.87. The molecule has 162 valence electrons. The minimum absolute atomic E-state index is 0.247. The first-order valence-electron chi connectivity index (χ1n) is 10.3. The molecule has 30 heavy (non-hydrogen) atoms. The number of carbonyl (C=O) groups excluding carboxylic acids is 2. The topological polar surface area (TPSA) is 61.8 Å². The molecular formula is C24H29BrO5. The standard InChI is InChI=1S/C24H29BrO5/c1-4-5-6-7-13-28-22-12-11-19(15-21(22)25)24(27)30-20-10-8-9-18(14-20)23(26)29-16-17(2)3/h8-12,14-15,17H,4-7,13,16H2,1-3H3. The average Bonchev–Trinajstić information content (AvgIpc) is 2.73. The van der Waals surface area contributed by atoms with Gasteiger partial charge < -0.3 is 14.2 Å². The van der Waals surface area contributed by atoms with Crippen LogP contribution in [0.25, 0.3) is 0 Å². The second-order valence-corrected chi connectivity index (χ2v) is 8.32. The maximum atomic E-state index is 12.5. The summed E-state index contributed by atoms with van der Waals surface area (Å²) in [6, 6.07) is 11.5. The number of hydrogen-bond donors (Lipinski definition) is 0. The van der Waals surface area contributed by atoms with Crippen molar-refractivity contribution in [1.29, 1.82) is 0 Å². The maximum absolute atomic E-state index is 12.5. The smallest absolute Gasteiger partial charge is 0.343 e. The Balaban J connectivity index is 1.96. The van der Waals surface area contributed by atoms with Crippen molar-refractivity contribution < 1.29 is 23.8 Å². The summed E-state index contributed by atoms with van der Waals surface area (Å²) in [5.41, 5.74) is 0.724. The number of carbonyl (C=O) groups is 2. The zero-order valence-corrected chi connectivity index (χ0v) is 19.4. The van der Waals surface area contributed by atoms with Crippen LogP contribution in [0.5, 0.6) is 11.5 Å². The van der Waals surface area contributed by atoms with Gasteiger partial charge in [0.2, 0.25) is 0 Å². The lowest BCUT2D eigenvalue weighted by molar-refractivity contribution is 0.0457. The highest BCUT2D eigenvalue weighted by Crippen LogP contribution is 2.27. The molecule has 0 heterocycles. The van der Waals surface area contributed by atoms with Gasteiger partial charge in [-0.05, 0) is 64.7 Å². The first-order chi connectivity index (χ1) is 14.4. The Labute approximate surface area is 186 Å². The van der Waals surface area contributed by atoms with E-state index in [1.165, 1.54) is 18.9 Å². The van der Waals surface area contributed by atoms with Crippen molar-refractivity contribution in [2.24, 2.45) is 5.92 Å². The van der Waals surface area contributed by atoms with Crippen molar-refractivity contribution in [3.63, 3.8) is 0 Å². The summed E-state index contributed by atoms with van der Waals surface area (Å²) in [5, 5.41) is 0. The molecule has 0 saturated carbocycles. The van der Waals surface area contributed by atoms with E-state index in [1.54, 1.807) is 36.4 Å². The monoisotopic (exact) mass is 476 g/mol. The van der Waals surface area contributed by atoms with Gasteiger partial charge >= 0.3 is 11.9 Å². The van der Waals surface area contributed by atoms with Crippen molar-refractivity contribution in [3.8, 4) is 11.5 Å². The van der Waals surface area contributed by atoms with Gasteiger partial charge in [0.05, 0.1) is 28.8 Å². The van der Waals surface area contributed by atoms with E-state index in [-0.39, 0.29) is 11.7 Å². The number of hydrogen-bond acceptors (Lipinski definition) is 5. The summed E-state index contributed by atoms with van der Waals surface area (Å²) in [4.78, 5) is 24.6. The third-order valence-electron chi connectivity index (χ3n) is 4.25. The largest absolute Gasteiger partial charge is 0.492 e. The summed E-state index contributed by atoms with van der Waals surface area (Å²) in [5.74, 6) is 0.267. The van der Waals surface area contributed by atoms with Gasteiger partial charge in [0.25, 0.3) is 0 Å². The normalized spacial score (nSPS) is 10.7. The Morgan fingerprint density at radius 1 is 0.967 bits per heavy atom. The van der Waals surface area contributed by atoms with Gasteiger partial charge in [0, 0.05) is 0 Å². The fourth-order valence-corrected chi connectivity index (χ4v) is 3.13. The van der Waals surface area contributed by atoms with Crippen LogP contribution < -0.4 is 9.47 Å². The van der Waals surface area contributed by atoms with Crippen LogP contribution in [0.4, 0.5) is 0 Å². The minimum Gasteiger partial charge on any atom is -0.492 e. The SMILES string of the molecule is CCCCCCOc1ccc(C(=O)Oc2cccc(C(=O)OCC(C)C)c2)cc1Br. The third kappa shape index (κ3) is 7.82. The molecule has 0 fully saturated rings. The zero-order chi connectivity index (χ0) is 21.9. The molecule has 0 aliphatic heterocycles.